The molecule has 3 atom stereocenters. The second kappa shape index (κ2) is 5.13. The lowest BCUT2D eigenvalue weighted by Crippen LogP contribution is -2.44. The van der Waals surface area contributed by atoms with Gasteiger partial charge >= 0.3 is 0 Å². The summed E-state index contributed by atoms with van der Waals surface area (Å²) in [5, 5.41) is 3.52. The molecule has 1 heterocycles. The second-order valence-electron chi connectivity index (χ2n) is 4.75. The number of nitrogens with one attached hydrogen (secondary N) is 1. The van der Waals surface area contributed by atoms with Crippen molar-refractivity contribution >= 4 is 0 Å². The van der Waals surface area contributed by atoms with Crippen molar-refractivity contribution in [3.8, 4) is 0 Å². The van der Waals surface area contributed by atoms with Crippen LogP contribution in [0.15, 0.2) is 0 Å². The van der Waals surface area contributed by atoms with Crippen LogP contribution in [-0.2, 0) is 4.74 Å². The molecule has 1 rings (SSSR count). The predicted molar refractivity (Wildman–Crippen MR) is 60.5 cm³/mol. The molecule has 0 amide bonds. The Labute approximate surface area is 88.4 Å². The van der Waals surface area contributed by atoms with Gasteiger partial charge in [-0.1, -0.05) is 13.8 Å². The summed E-state index contributed by atoms with van der Waals surface area (Å²) < 4.78 is 5.85. The minimum absolute atomic E-state index is 0.132. The topological polar surface area (TPSA) is 21.3 Å². The van der Waals surface area contributed by atoms with E-state index in [0.29, 0.717) is 6.04 Å². The van der Waals surface area contributed by atoms with Crippen LogP contribution in [0.4, 0.5) is 0 Å². The van der Waals surface area contributed by atoms with E-state index in [0.717, 1.165) is 25.5 Å². The van der Waals surface area contributed by atoms with E-state index in [4.69, 9.17) is 4.74 Å². The van der Waals surface area contributed by atoms with Crippen molar-refractivity contribution in [1.29, 1.82) is 0 Å². The lowest BCUT2D eigenvalue weighted by Gasteiger charge is -2.40. The van der Waals surface area contributed by atoms with Gasteiger partial charge in [0.2, 0.25) is 0 Å². The normalized spacial score (nSPS) is 35.6. The van der Waals surface area contributed by atoms with Crippen LogP contribution in [0.3, 0.4) is 0 Å². The van der Waals surface area contributed by atoms with Gasteiger partial charge in [-0.3, -0.25) is 0 Å². The maximum atomic E-state index is 5.85. The molecular formula is C12H25NO. The highest BCUT2D eigenvalue weighted by Gasteiger charge is 2.33. The van der Waals surface area contributed by atoms with Crippen molar-refractivity contribution in [1.82, 2.24) is 5.32 Å². The fourth-order valence-corrected chi connectivity index (χ4v) is 2.33. The molecule has 3 unspecified atom stereocenters. The summed E-state index contributed by atoms with van der Waals surface area (Å²) >= 11 is 0. The van der Waals surface area contributed by atoms with E-state index in [-0.39, 0.29) is 5.60 Å². The van der Waals surface area contributed by atoms with Gasteiger partial charge in [0, 0.05) is 12.6 Å². The summed E-state index contributed by atoms with van der Waals surface area (Å²) in [4.78, 5) is 0. The Morgan fingerprint density at radius 1 is 1.50 bits per heavy atom. The van der Waals surface area contributed by atoms with Crippen molar-refractivity contribution in [3.05, 3.63) is 0 Å². The van der Waals surface area contributed by atoms with Crippen molar-refractivity contribution < 1.29 is 4.74 Å². The molecule has 1 aliphatic heterocycles. The van der Waals surface area contributed by atoms with Crippen LogP contribution in [0.25, 0.3) is 0 Å². The van der Waals surface area contributed by atoms with Gasteiger partial charge in [0.05, 0.1) is 5.60 Å². The lowest BCUT2D eigenvalue weighted by molar-refractivity contribution is -0.0915. The minimum atomic E-state index is 0.132. The van der Waals surface area contributed by atoms with Crippen molar-refractivity contribution in [2.45, 2.75) is 58.6 Å². The monoisotopic (exact) mass is 199 g/mol. The average molecular weight is 199 g/mol. The third-order valence-corrected chi connectivity index (χ3v) is 3.61. The van der Waals surface area contributed by atoms with E-state index in [1.54, 1.807) is 0 Å². The molecule has 1 N–H and O–H groups in total. The van der Waals surface area contributed by atoms with E-state index in [1.807, 2.05) is 0 Å². The molecule has 2 nitrogen and oxygen atoms in total. The smallest absolute Gasteiger partial charge is 0.0655 e. The Morgan fingerprint density at radius 3 is 2.79 bits per heavy atom. The molecule has 14 heavy (non-hydrogen) atoms. The van der Waals surface area contributed by atoms with Gasteiger partial charge in [0.15, 0.2) is 0 Å². The van der Waals surface area contributed by atoms with Crippen LogP contribution >= 0.6 is 0 Å². The molecule has 1 aliphatic rings. The van der Waals surface area contributed by atoms with Crippen LogP contribution in [0.5, 0.6) is 0 Å². The molecule has 0 bridgehead atoms. The minimum Gasteiger partial charge on any atom is -0.375 e. The first-order valence-corrected chi connectivity index (χ1v) is 5.98. The fourth-order valence-electron chi connectivity index (χ4n) is 2.33. The molecule has 84 valence electrons. The second-order valence-corrected chi connectivity index (χ2v) is 4.75. The average Bonchev–Trinajstić information content (AvgIpc) is 2.18. The maximum absolute atomic E-state index is 5.85. The molecule has 0 aliphatic carbocycles. The number of hydrogen-bond donors (Lipinski definition) is 1. The van der Waals surface area contributed by atoms with Gasteiger partial charge in [-0.2, -0.15) is 0 Å². The molecule has 0 aromatic rings. The maximum Gasteiger partial charge on any atom is 0.0655 e. The summed E-state index contributed by atoms with van der Waals surface area (Å²) in [5.74, 6) is 0.786. The molecule has 2 heteroatoms. The fraction of sp³-hybridized carbons (Fsp3) is 1.00. The number of hydrogen-bond acceptors (Lipinski definition) is 2. The van der Waals surface area contributed by atoms with E-state index in [1.165, 1.54) is 12.8 Å². The molecule has 0 aromatic carbocycles. The molecule has 0 saturated carbocycles. The quantitative estimate of drug-likeness (QED) is 0.751. The summed E-state index contributed by atoms with van der Waals surface area (Å²) in [6.07, 6.45) is 3.55. The molecule has 0 spiro atoms. The highest BCUT2D eigenvalue weighted by Crippen LogP contribution is 2.33. The van der Waals surface area contributed by atoms with E-state index < -0.39 is 0 Å². The third kappa shape index (κ3) is 2.96. The summed E-state index contributed by atoms with van der Waals surface area (Å²) in [6.45, 7) is 11.0. The van der Waals surface area contributed by atoms with Crippen molar-refractivity contribution in [2.24, 2.45) is 5.92 Å². The Kier molecular flexibility index (Phi) is 4.39. The zero-order chi connectivity index (χ0) is 10.6. The van der Waals surface area contributed by atoms with Crippen LogP contribution in [0, 0.1) is 5.92 Å². The van der Waals surface area contributed by atoms with Gasteiger partial charge in [0.25, 0.3) is 0 Å². The highest BCUT2D eigenvalue weighted by atomic mass is 16.5. The van der Waals surface area contributed by atoms with E-state index >= 15 is 0 Å². The third-order valence-electron chi connectivity index (χ3n) is 3.61. The van der Waals surface area contributed by atoms with Crippen molar-refractivity contribution in [3.63, 3.8) is 0 Å². The molecular weight excluding hydrogens is 174 g/mol. The van der Waals surface area contributed by atoms with Gasteiger partial charge in [-0.15, -0.1) is 0 Å². The summed E-state index contributed by atoms with van der Waals surface area (Å²) in [5.41, 5.74) is 0.132. The van der Waals surface area contributed by atoms with E-state index in [9.17, 15) is 0 Å². The number of ether oxygens (including phenoxy) is 1. The zero-order valence-electron chi connectivity index (χ0n) is 10.1. The lowest BCUT2D eigenvalue weighted by atomic mass is 9.82. The molecule has 0 radical (unpaired) electrons. The summed E-state index contributed by atoms with van der Waals surface area (Å²) in [6, 6.07) is 0.634. The van der Waals surface area contributed by atoms with Crippen LogP contribution < -0.4 is 5.32 Å². The van der Waals surface area contributed by atoms with Gasteiger partial charge in [0.1, 0.15) is 0 Å². The first-order chi connectivity index (χ1) is 6.61. The predicted octanol–water partition coefficient (Wildman–Crippen LogP) is 2.58. The van der Waals surface area contributed by atoms with Gasteiger partial charge < -0.3 is 10.1 Å². The number of rotatable bonds is 4. The Bertz CT molecular complexity index is 172. The first kappa shape index (κ1) is 12.0. The van der Waals surface area contributed by atoms with Crippen molar-refractivity contribution in [2.75, 3.05) is 13.2 Å². The Morgan fingerprint density at radius 2 is 2.21 bits per heavy atom. The largest absolute Gasteiger partial charge is 0.375 e. The SMILES string of the molecule is CCNC(C)C1CCOC(C)(CC)C1. The highest BCUT2D eigenvalue weighted by molar-refractivity contribution is 4.86. The Hall–Kier alpha value is -0.0800. The molecule has 0 aromatic heterocycles. The Balaban J connectivity index is 2.47. The zero-order valence-corrected chi connectivity index (χ0v) is 10.1. The van der Waals surface area contributed by atoms with Gasteiger partial charge in [-0.05, 0) is 45.6 Å². The van der Waals surface area contributed by atoms with E-state index in [2.05, 4.69) is 33.0 Å². The summed E-state index contributed by atoms with van der Waals surface area (Å²) in [7, 11) is 0. The van der Waals surface area contributed by atoms with Crippen LogP contribution in [-0.4, -0.2) is 24.8 Å². The van der Waals surface area contributed by atoms with Crippen LogP contribution in [0.2, 0.25) is 0 Å². The van der Waals surface area contributed by atoms with Crippen LogP contribution in [0.1, 0.15) is 47.0 Å². The first-order valence-electron chi connectivity index (χ1n) is 5.98. The molecule has 1 fully saturated rings. The standard InChI is InChI=1S/C12H25NO/c1-5-12(4)9-11(7-8-14-12)10(3)13-6-2/h10-11,13H,5-9H2,1-4H3. The molecule has 1 saturated heterocycles. The van der Waals surface area contributed by atoms with Gasteiger partial charge in [-0.25, -0.2) is 0 Å².